The van der Waals surface area contributed by atoms with Crippen LogP contribution >= 0.6 is 0 Å². The molecule has 0 amide bonds. The van der Waals surface area contributed by atoms with Crippen LogP contribution in [0.4, 0.5) is 4.39 Å². The maximum absolute atomic E-state index is 12.7. The van der Waals surface area contributed by atoms with Gasteiger partial charge in [0, 0.05) is 0 Å². The molecule has 1 heteroatoms. The summed E-state index contributed by atoms with van der Waals surface area (Å²) in [6.07, 6.45) is 9.12. The first-order valence-corrected chi connectivity index (χ1v) is 5.98. The summed E-state index contributed by atoms with van der Waals surface area (Å²) >= 11 is 0. The fraction of sp³-hybridized carbons (Fsp3) is 0.0588. The van der Waals surface area contributed by atoms with Crippen molar-refractivity contribution in [3.05, 3.63) is 83.7 Å². The second-order valence-electron chi connectivity index (χ2n) is 4.00. The molecule has 0 atom stereocenters. The van der Waals surface area contributed by atoms with Crippen LogP contribution in [0.3, 0.4) is 0 Å². The zero-order valence-corrected chi connectivity index (χ0v) is 10.1. The molecular weight excluding hydrogens is 223 g/mol. The van der Waals surface area contributed by atoms with Gasteiger partial charge in [0.1, 0.15) is 5.82 Å². The van der Waals surface area contributed by atoms with E-state index in [-0.39, 0.29) is 5.82 Å². The lowest BCUT2D eigenvalue weighted by Crippen LogP contribution is -1.74. The van der Waals surface area contributed by atoms with Gasteiger partial charge in [-0.25, -0.2) is 4.39 Å². The summed E-state index contributed by atoms with van der Waals surface area (Å²) in [6, 6.07) is 16.7. The van der Waals surface area contributed by atoms with Crippen molar-refractivity contribution in [3.63, 3.8) is 0 Å². The minimum atomic E-state index is -0.198. The summed E-state index contributed by atoms with van der Waals surface area (Å²) in [5.41, 5.74) is 2.22. The molecular formula is C17H15F. The second-order valence-corrected chi connectivity index (χ2v) is 4.00. The van der Waals surface area contributed by atoms with Crippen LogP contribution in [0.2, 0.25) is 0 Å². The first kappa shape index (κ1) is 12.3. The molecule has 0 bridgehead atoms. The van der Waals surface area contributed by atoms with Crippen LogP contribution in [0, 0.1) is 5.82 Å². The molecule has 0 aromatic heterocycles. The van der Waals surface area contributed by atoms with Gasteiger partial charge >= 0.3 is 0 Å². The molecule has 0 heterocycles. The molecule has 0 fully saturated rings. The lowest BCUT2D eigenvalue weighted by Gasteiger charge is -1.92. The Kier molecular flexibility index (Phi) is 4.48. The third kappa shape index (κ3) is 4.02. The van der Waals surface area contributed by atoms with Crippen molar-refractivity contribution in [3.8, 4) is 0 Å². The Morgan fingerprint density at radius 3 is 1.89 bits per heavy atom. The van der Waals surface area contributed by atoms with E-state index in [9.17, 15) is 4.39 Å². The van der Waals surface area contributed by atoms with Gasteiger partial charge in [-0.3, -0.25) is 0 Å². The van der Waals surface area contributed by atoms with Crippen LogP contribution in [0.5, 0.6) is 0 Å². The molecule has 90 valence electrons. The maximum atomic E-state index is 12.7. The molecule has 18 heavy (non-hydrogen) atoms. The van der Waals surface area contributed by atoms with Crippen molar-refractivity contribution < 1.29 is 4.39 Å². The SMILES string of the molecule is Fc1ccc(/C=C/C/C=C/c2ccccc2)cc1. The fourth-order valence-corrected chi connectivity index (χ4v) is 1.62. The van der Waals surface area contributed by atoms with E-state index in [1.165, 1.54) is 17.7 Å². The van der Waals surface area contributed by atoms with E-state index in [2.05, 4.69) is 30.4 Å². The number of hydrogen-bond donors (Lipinski definition) is 0. The zero-order valence-electron chi connectivity index (χ0n) is 10.1. The number of halogens is 1. The van der Waals surface area contributed by atoms with Gasteiger partial charge in [0.05, 0.1) is 0 Å². The van der Waals surface area contributed by atoms with E-state index in [0.29, 0.717) is 0 Å². The molecule has 0 aliphatic heterocycles. The molecule has 0 radical (unpaired) electrons. The van der Waals surface area contributed by atoms with Crippen LogP contribution in [-0.4, -0.2) is 0 Å². The molecule has 0 aliphatic rings. The average molecular weight is 238 g/mol. The topological polar surface area (TPSA) is 0 Å². The van der Waals surface area contributed by atoms with Gasteiger partial charge in [-0.05, 0) is 29.7 Å². The highest BCUT2D eigenvalue weighted by molar-refractivity contribution is 5.51. The molecule has 0 N–H and O–H groups in total. The van der Waals surface area contributed by atoms with Crippen LogP contribution < -0.4 is 0 Å². The molecule has 0 saturated carbocycles. The van der Waals surface area contributed by atoms with E-state index in [4.69, 9.17) is 0 Å². The molecule has 2 rings (SSSR count). The molecule has 2 aromatic carbocycles. The van der Waals surface area contributed by atoms with Gasteiger partial charge in [-0.15, -0.1) is 0 Å². The smallest absolute Gasteiger partial charge is 0.123 e. The molecule has 0 spiro atoms. The van der Waals surface area contributed by atoms with E-state index >= 15 is 0 Å². The van der Waals surface area contributed by atoms with Crippen LogP contribution in [0.15, 0.2) is 66.7 Å². The molecule has 0 aliphatic carbocycles. The van der Waals surface area contributed by atoms with Crippen LogP contribution in [0.25, 0.3) is 12.2 Å². The standard InChI is InChI=1S/C17H15F/c18-17-13-11-16(12-14-17)10-6-2-5-9-15-7-3-1-4-8-15/h1,3-14H,2H2/b9-5+,10-6+. The van der Waals surface area contributed by atoms with Crippen LogP contribution in [-0.2, 0) is 0 Å². The van der Waals surface area contributed by atoms with Crippen LogP contribution in [0.1, 0.15) is 17.5 Å². The highest BCUT2D eigenvalue weighted by Gasteiger charge is 1.87. The fourth-order valence-electron chi connectivity index (χ4n) is 1.62. The summed E-state index contributed by atoms with van der Waals surface area (Å²) in [6.45, 7) is 0. The summed E-state index contributed by atoms with van der Waals surface area (Å²) in [7, 11) is 0. The molecule has 0 saturated heterocycles. The van der Waals surface area contributed by atoms with E-state index in [0.717, 1.165) is 12.0 Å². The van der Waals surface area contributed by atoms with Gasteiger partial charge < -0.3 is 0 Å². The quantitative estimate of drug-likeness (QED) is 0.707. The predicted octanol–water partition coefficient (Wildman–Crippen LogP) is 4.94. The highest BCUT2D eigenvalue weighted by Crippen LogP contribution is 2.06. The molecule has 0 unspecified atom stereocenters. The zero-order chi connectivity index (χ0) is 12.6. The van der Waals surface area contributed by atoms with Crippen molar-refractivity contribution in [2.45, 2.75) is 6.42 Å². The Morgan fingerprint density at radius 1 is 0.722 bits per heavy atom. The minimum absolute atomic E-state index is 0.198. The van der Waals surface area contributed by atoms with Crippen molar-refractivity contribution in [1.29, 1.82) is 0 Å². The normalized spacial score (nSPS) is 11.4. The van der Waals surface area contributed by atoms with Gasteiger partial charge in [0.25, 0.3) is 0 Å². The minimum Gasteiger partial charge on any atom is -0.207 e. The first-order valence-electron chi connectivity index (χ1n) is 5.98. The third-order valence-electron chi connectivity index (χ3n) is 2.56. The molecule has 0 nitrogen and oxygen atoms in total. The van der Waals surface area contributed by atoms with Crippen molar-refractivity contribution >= 4 is 12.2 Å². The van der Waals surface area contributed by atoms with Gasteiger partial charge in [-0.2, -0.15) is 0 Å². The predicted molar refractivity (Wildman–Crippen MR) is 75.5 cm³/mol. The Labute approximate surface area is 107 Å². The second kappa shape index (κ2) is 6.55. The number of hydrogen-bond acceptors (Lipinski definition) is 0. The average Bonchev–Trinajstić information content (AvgIpc) is 2.42. The Bertz CT molecular complexity index is 521. The summed E-state index contributed by atoms with van der Waals surface area (Å²) in [4.78, 5) is 0. The summed E-state index contributed by atoms with van der Waals surface area (Å²) in [5, 5.41) is 0. The van der Waals surface area contributed by atoms with E-state index in [1.54, 1.807) is 12.1 Å². The summed E-state index contributed by atoms with van der Waals surface area (Å²) < 4.78 is 12.7. The Hall–Kier alpha value is -2.15. The molecule has 2 aromatic rings. The largest absolute Gasteiger partial charge is 0.207 e. The summed E-state index contributed by atoms with van der Waals surface area (Å²) in [5.74, 6) is -0.198. The number of allylic oxidation sites excluding steroid dienone is 2. The lowest BCUT2D eigenvalue weighted by atomic mass is 10.1. The monoisotopic (exact) mass is 238 g/mol. The van der Waals surface area contributed by atoms with Gasteiger partial charge in [0.2, 0.25) is 0 Å². The number of benzene rings is 2. The van der Waals surface area contributed by atoms with E-state index < -0.39 is 0 Å². The highest BCUT2D eigenvalue weighted by atomic mass is 19.1. The Balaban J connectivity index is 1.85. The van der Waals surface area contributed by atoms with Crippen molar-refractivity contribution in [1.82, 2.24) is 0 Å². The number of rotatable bonds is 4. The van der Waals surface area contributed by atoms with Crippen molar-refractivity contribution in [2.24, 2.45) is 0 Å². The third-order valence-corrected chi connectivity index (χ3v) is 2.56. The Morgan fingerprint density at radius 2 is 1.28 bits per heavy atom. The van der Waals surface area contributed by atoms with Gasteiger partial charge in [0.15, 0.2) is 0 Å². The van der Waals surface area contributed by atoms with Gasteiger partial charge in [-0.1, -0.05) is 66.8 Å². The maximum Gasteiger partial charge on any atom is 0.123 e. The van der Waals surface area contributed by atoms with E-state index in [1.807, 2.05) is 24.3 Å². The van der Waals surface area contributed by atoms with Crippen molar-refractivity contribution in [2.75, 3.05) is 0 Å². The first-order chi connectivity index (χ1) is 8.84. The lowest BCUT2D eigenvalue weighted by molar-refractivity contribution is 0.628.